The predicted octanol–water partition coefficient (Wildman–Crippen LogP) is 4.91. The zero-order valence-electron chi connectivity index (χ0n) is 25.2. The summed E-state index contributed by atoms with van der Waals surface area (Å²) < 4.78 is 43.4. The molecule has 5 amide bonds. The van der Waals surface area contributed by atoms with E-state index in [1.165, 1.54) is 41.3 Å². The fourth-order valence-corrected chi connectivity index (χ4v) is 6.30. The van der Waals surface area contributed by atoms with Gasteiger partial charge in [-0.15, -0.1) is 0 Å². The first kappa shape index (κ1) is 32.1. The molecular formula is C32H30FN5O7S. The smallest absolute Gasteiger partial charge is 0.332 e. The lowest BCUT2D eigenvalue weighted by atomic mass is 10.0. The fourth-order valence-electron chi connectivity index (χ4n) is 5.15. The number of amides is 5. The Morgan fingerprint density at radius 3 is 2.37 bits per heavy atom. The predicted molar refractivity (Wildman–Crippen MR) is 165 cm³/mol. The van der Waals surface area contributed by atoms with Crippen LogP contribution in [0.15, 0.2) is 65.6 Å². The Hall–Kier alpha value is -5.29. The van der Waals surface area contributed by atoms with Crippen molar-refractivity contribution in [2.24, 2.45) is 0 Å². The van der Waals surface area contributed by atoms with Crippen LogP contribution >= 0.6 is 0 Å². The van der Waals surface area contributed by atoms with E-state index in [9.17, 15) is 37.2 Å². The number of carbonyl (C=O) groups excluding carboxylic acids is 4. The number of halogens is 1. The maximum Gasteiger partial charge on any atom is 0.332 e. The second kappa shape index (κ2) is 12.2. The van der Waals surface area contributed by atoms with E-state index in [-0.39, 0.29) is 28.7 Å². The maximum absolute atomic E-state index is 14.3. The topological polar surface area (TPSA) is 166 Å². The quantitative estimate of drug-likeness (QED) is 0.244. The molecule has 1 aliphatic heterocycles. The molecule has 0 radical (unpaired) electrons. The van der Waals surface area contributed by atoms with Crippen molar-refractivity contribution >= 4 is 50.8 Å². The molecule has 46 heavy (non-hydrogen) atoms. The minimum atomic E-state index is -3.95. The normalized spacial score (nSPS) is 15.8. The van der Waals surface area contributed by atoms with Gasteiger partial charge >= 0.3 is 18.0 Å². The average molecular weight is 648 g/mol. The Kier molecular flexibility index (Phi) is 8.55. The molecule has 1 saturated heterocycles. The van der Waals surface area contributed by atoms with Crippen LogP contribution in [0, 0.1) is 17.1 Å². The van der Waals surface area contributed by atoms with Crippen molar-refractivity contribution in [1.82, 2.24) is 4.90 Å². The summed E-state index contributed by atoms with van der Waals surface area (Å²) in [6, 6.07) is 14.4. The molecule has 12 nitrogen and oxygen atoms in total. The highest BCUT2D eigenvalue weighted by Gasteiger charge is 2.52. The molecule has 2 fully saturated rings. The molecule has 0 aromatic heterocycles. The van der Waals surface area contributed by atoms with Gasteiger partial charge in [0, 0.05) is 5.69 Å². The third-order valence-corrected chi connectivity index (χ3v) is 9.52. The summed E-state index contributed by atoms with van der Waals surface area (Å²) in [6.07, 6.45) is 1.85. The number of urea groups is 2. The van der Waals surface area contributed by atoms with Crippen molar-refractivity contribution < 1.29 is 36.7 Å². The molecule has 1 saturated carbocycles. The summed E-state index contributed by atoms with van der Waals surface area (Å²) in [5.41, 5.74) is 0.944. The van der Waals surface area contributed by atoms with Crippen LogP contribution in [0.5, 0.6) is 0 Å². The lowest BCUT2D eigenvalue weighted by Gasteiger charge is -2.28. The van der Waals surface area contributed by atoms with Crippen LogP contribution in [0.4, 0.5) is 31.0 Å². The lowest BCUT2D eigenvalue weighted by Crippen LogP contribution is -2.43. The van der Waals surface area contributed by atoms with E-state index in [0.29, 0.717) is 16.8 Å². The molecule has 2 N–H and O–H groups in total. The molecule has 3 aromatic rings. The van der Waals surface area contributed by atoms with Crippen LogP contribution in [0.3, 0.4) is 0 Å². The summed E-state index contributed by atoms with van der Waals surface area (Å²) >= 11 is 0. The van der Waals surface area contributed by atoms with Gasteiger partial charge in [0.05, 0.1) is 41.6 Å². The molecule has 2 aliphatic rings. The van der Waals surface area contributed by atoms with Crippen molar-refractivity contribution in [3.05, 3.63) is 83.2 Å². The number of rotatable bonds is 9. The maximum atomic E-state index is 14.3. The first-order valence-electron chi connectivity index (χ1n) is 14.2. The van der Waals surface area contributed by atoms with Crippen LogP contribution in [0.25, 0.3) is 0 Å². The van der Waals surface area contributed by atoms with E-state index in [1.54, 1.807) is 32.0 Å². The number of nitriles is 1. The van der Waals surface area contributed by atoms with Gasteiger partial charge in [-0.3, -0.25) is 9.59 Å². The van der Waals surface area contributed by atoms with E-state index >= 15 is 0 Å². The number of hydrogen-bond acceptors (Lipinski definition) is 8. The van der Waals surface area contributed by atoms with Gasteiger partial charge in [-0.25, -0.2) is 27.3 Å². The Morgan fingerprint density at radius 1 is 1.04 bits per heavy atom. The number of nitrogens with one attached hydrogen (secondary N) is 2. The van der Waals surface area contributed by atoms with Crippen LogP contribution in [-0.4, -0.2) is 55.7 Å². The Morgan fingerprint density at radius 2 is 1.74 bits per heavy atom. The number of imide groups is 1. The molecule has 238 valence electrons. The van der Waals surface area contributed by atoms with Gasteiger partial charge in [-0.2, -0.15) is 5.26 Å². The van der Waals surface area contributed by atoms with Crippen molar-refractivity contribution in [1.29, 1.82) is 5.26 Å². The Balaban J connectivity index is 1.33. The van der Waals surface area contributed by atoms with Gasteiger partial charge < -0.3 is 20.3 Å². The van der Waals surface area contributed by atoms with Gasteiger partial charge in [0.1, 0.15) is 11.4 Å². The number of hydrogen-bond donors (Lipinski definition) is 2. The molecule has 0 unspecified atom stereocenters. The van der Waals surface area contributed by atoms with Gasteiger partial charge in [0.2, 0.25) is 0 Å². The van der Waals surface area contributed by atoms with E-state index < -0.39 is 50.9 Å². The third-order valence-electron chi connectivity index (χ3n) is 7.91. The van der Waals surface area contributed by atoms with E-state index in [0.717, 1.165) is 36.5 Å². The molecule has 14 heteroatoms. The average Bonchev–Trinajstić information content (AvgIpc) is 3.84. The lowest BCUT2D eigenvalue weighted by molar-refractivity contribution is -0.137. The third kappa shape index (κ3) is 6.40. The second-order valence-electron chi connectivity index (χ2n) is 11.5. The molecule has 3 aromatic carbocycles. The van der Waals surface area contributed by atoms with E-state index in [4.69, 9.17) is 0 Å². The second-order valence-corrected chi connectivity index (χ2v) is 13.5. The van der Waals surface area contributed by atoms with Crippen molar-refractivity contribution in [2.75, 3.05) is 28.4 Å². The number of anilines is 3. The van der Waals surface area contributed by atoms with Crippen LogP contribution in [-0.2, 0) is 30.7 Å². The summed E-state index contributed by atoms with van der Waals surface area (Å²) in [7, 11) is -2.87. The van der Waals surface area contributed by atoms with Crippen LogP contribution in [0.2, 0.25) is 0 Å². The standard InChI is InChI=1S/C32H30FN5O7S/c1-32(2)29(40)38(24-11-7-20(16-34)26(15-24)19-4-5-19)31(42)37(32)17-21-6-8-22(33)14-27(21)36-30(41)35-23-9-12-25(13-10-23)46(43,44)18-28(39)45-3/h6-15,19H,4-5,17-18H2,1-3H3,(H2,35,36,41). The molecule has 0 atom stereocenters. The van der Waals surface area contributed by atoms with Gasteiger partial charge in [-0.05, 0) is 98.3 Å². The summed E-state index contributed by atoms with van der Waals surface area (Å²) in [5.74, 6) is -2.68. The highest BCUT2D eigenvalue weighted by Crippen LogP contribution is 2.44. The summed E-state index contributed by atoms with van der Waals surface area (Å²) in [6.45, 7) is 3.04. The van der Waals surface area contributed by atoms with E-state index in [1.807, 2.05) is 0 Å². The van der Waals surface area contributed by atoms with Crippen LogP contribution < -0.4 is 15.5 Å². The zero-order valence-corrected chi connectivity index (χ0v) is 26.0. The highest BCUT2D eigenvalue weighted by molar-refractivity contribution is 7.92. The Labute approximate surface area is 264 Å². The number of benzene rings is 3. The number of methoxy groups -OCH3 is 1. The van der Waals surface area contributed by atoms with Crippen molar-refractivity contribution in [3.63, 3.8) is 0 Å². The molecule has 5 rings (SSSR count). The minimum Gasteiger partial charge on any atom is -0.468 e. The molecule has 0 bridgehead atoms. The van der Waals surface area contributed by atoms with Gasteiger partial charge in [-0.1, -0.05) is 6.07 Å². The first-order valence-corrected chi connectivity index (χ1v) is 15.9. The number of carbonyl (C=O) groups is 4. The largest absolute Gasteiger partial charge is 0.468 e. The first-order chi connectivity index (χ1) is 21.7. The number of sulfone groups is 1. The van der Waals surface area contributed by atoms with Gasteiger partial charge in [0.15, 0.2) is 15.6 Å². The SMILES string of the molecule is COC(=O)CS(=O)(=O)c1ccc(NC(=O)Nc2cc(F)ccc2CN2C(=O)N(c3ccc(C#N)c(C4CC4)c3)C(=O)C2(C)C)cc1. The molecular weight excluding hydrogens is 617 g/mol. The molecule has 0 spiro atoms. The number of esters is 1. The summed E-state index contributed by atoms with van der Waals surface area (Å²) in [4.78, 5) is 53.8. The fraction of sp³-hybridized carbons (Fsp3) is 0.281. The van der Waals surface area contributed by atoms with Crippen LogP contribution in [0.1, 0.15) is 49.3 Å². The van der Waals surface area contributed by atoms with Crippen molar-refractivity contribution in [2.45, 2.75) is 49.6 Å². The minimum absolute atomic E-state index is 0.0404. The summed E-state index contributed by atoms with van der Waals surface area (Å²) in [5, 5.41) is 14.6. The van der Waals surface area contributed by atoms with Crippen molar-refractivity contribution in [3.8, 4) is 6.07 Å². The number of nitrogens with zero attached hydrogens (tertiary/aromatic N) is 3. The van der Waals surface area contributed by atoms with E-state index in [2.05, 4.69) is 21.4 Å². The zero-order chi connectivity index (χ0) is 33.4. The Bertz CT molecular complexity index is 1900. The number of ether oxygens (including phenoxy) is 1. The molecule has 1 heterocycles. The molecule has 1 aliphatic carbocycles. The highest BCUT2D eigenvalue weighted by atomic mass is 32.2. The van der Waals surface area contributed by atoms with Gasteiger partial charge in [0.25, 0.3) is 5.91 Å². The monoisotopic (exact) mass is 647 g/mol.